The van der Waals surface area contributed by atoms with Crippen molar-refractivity contribution in [1.82, 2.24) is 0 Å². The minimum absolute atomic E-state index is 0.130. The number of anilines is 1. The molecule has 0 spiro atoms. The van der Waals surface area contributed by atoms with E-state index in [-0.39, 0.29) is 6.04 Å². The zero-order valence-corrected chi connectivity index (χ0v) is 14.1. The third kappa shape index (κ3) is 3.83. The molecule has 1 atom stereocenters. The van der Waals surface area contributed by atoms with Crippen LogP contribution in [0.2, 0.25) is 0 Å². The van der Waals surface area contributed by atoms with Gasteiger partial charge in [-0.05, 0) is 41.0 Å². The number of hydrogen-bond donors (Lipinski definition) is 1. The zero-order valence-electron chi connectivity index (χ0n) is 12.5. The van der Waals surface area contributed by atoms with Gasteiger partial charge in [-0.15, -0.1) is 6.42 Å². The van der Waals surface area contributed by atoms with Crippen molar-refractivity contribution in [2.75, 3.05) is 5.32 Å². The quantitative estimate of drug-likeness (QED) is 0.570. The van der Waals surface area contributed by atoms with Gasteiger partial charge >= 0.3 is 0 Å². The second-order valence-corrected chi connectivity index (χ2v) is 6.15. The lowest BCUT2D eigenvalue weighted by atomic mass is 10.0. The molecule has 3 aromatic rings. The molecule has 0 aromatic heterocycles. The average Bonchev–Trinajstić information content (AvgIpc) is 2.62. The Hall–Kier alpha value is -2.50. The molecule has 3 rings (SSSR count). The summed E-state index contributed by atoms with van der Waals surface area (Å²) in [5.41, 5.74) is 4.47. The molecule has 0 saturated carbocycles. The lowest BCUT2D eigenvalue weighted by Crippen LogP contribution is -2.08. The number of hydrogen-bond acceptors (Lipinski definition) is 1. The van der Waals surface area contributed by atoms with Crippen molar-refractivity contribution in [2.24, 2.45) is 0 Å². The Morgan fingerprint density at radius 1 is 0.783 bits per heavy atom. The second kappa shape index (κ2) is 7.17. The highest BCUT2D eigenvalue weighted by molar-refractivity contribution is 9.10. The van der Waals surface area contributed by atoms with Gasteiger partial charge in [-0.1, -0.05) is 76.4 Å². The van der Waals surface area contributed by atoms with E-state index < -0.39 is 0 Å². The second-order valence-electron chi connectivity index (χ2n) is 5.24. The number of benzene rings is 3. The van der Waals surface area contributed by atoms with Crippen molar-refractivity contribution in [3.05, 3.63) is 88.9 Å². The van der Waals surface area contributed by atoms with Crippen LogP contribution in [0.3, 0.4) is 0 Å². The fraction of sp³-hybridized carbons (Fsp3) is 0.0476. The summed E-state index contributed by atoms with van der Waals surface area (Å²) in [4.78, 5) is 0. The Bertz CT molecular complexity index is 799. The van der Waals surface area contributed by atoms with Crippen molar-refractivity contribution in [3.63, 3.8) is 0 Å². The lowest BCUT2D eigenvalue weighted by molar-refractivity contribution is 1.02. The molecule has 1 unspecified atom stereocenters. The summed E-state index contributed by atoms with van der Waals surface area (Å²) in [7, 11) is 0. The first-order valence-corrected chi connectivity index (χ1v) is 8.19. The summed E-state index contributed by atoms with van der Waals surface area (Å²) < 4.78 is 1.08. The highest BCUT2D eigenvalue weighted by atomic mass is 79.9. The molecule has 0 amide bonds. The number of halogens is 1. The minimum atomic E-state index is -0.130. The van der Waals surface area contributed by atoms with Crippen LogP contribution < -0.4 is 5.32 Å². The van der Waals surface area contributed by atoms with Crippen LogP contribution in [0, 0.1) is 12.3 Å². The Kier molecular flexibility index (Phi) is 4.80. The monoisotopic (exact) mass is 361 g/mol. The SMILES string of the molecule is C#CC(Nc1ccc(-c2ccc(Br)cc2)cc1)c1ccccc1. The van der Waals surface area contributed by atoms with Gasteiger partial charge in [-0.2, -0.15) is 0 Å². The summed E-state index contributed by atoms with van der Waals surface area (Å²) in [6, 6.07) is 26.5. The summed E-state index contributed by atoms with van der Waals surface area (Å²) in [6.45, 7) is 0. The summed E-state index contributed by atoms with van der Waals surface area (Å²) in [6.07, 6.45) is 5.67. The van der Waals surface area contributed by atoms with Gasteiger partial charge in [0.25, 0.3) is 0 Å². The molecule has 1 N–H and O–H groups in total. The Balaban J connectivity index is 1.77. The molecule has 0 heterocycles. The predicted octanol–water partition coefficient (Wildman–Crippen LogP) is 5.90. The summed E-state index contributed by atoms with van der Waals surface area (Å²) in [5.74, 6) is 2.80. The van der Waals surface area contributed by atoms with Gasteiger partial charge in [0.2, 0.25) is 0 Å². The van der Waals surface area contributed by atoms with Crippen molar-refractivity contribution in [1.29, 1.82) is 0 Å². The van der Waals surface area contributed by atoms with Crippen molar-refractivity contribution >= 4 is 21.6 Å². The van der Waals surface area contributed by atoms with Gasteiger partial charge in [0, 0.05) is 10.2 Å². The highest BCUT2D eigenvalue weighted by Gasteiger charge is 2.07. The summed E-state index contributed by atoms with van der Waals surface area (Å²) >= 11 is 3.46. The standard InChI is InChI=1S/C21H16BrN/c1-2-21(18-6-4-3-5-7-18)23-20-14-10-17(11-15-20)16-8-12-19(22)13-9-16/h1,3-15,21,23H. The fourth-order valence-corrected chi connectivity index (χ4v) is 2.70. The minimum Gasteiger partial charge on any atom is -0.368 e. The highest BCUT2D eigenvalue weighted by Crippen LogP contribution is 2.25. The predicted molar refractivity (Wildman–Crippen MR) is 101 cm³/mol. The van der Waals surface area contributed by atoms with Crippen molar-refractivity contribution in [2.45, 2.75) is 6.04 Å². The van der Waals surface area contributed by atoms with E-state index in [9.17, 15) is 0 Å². The molecule has 1 nitrogen and oxygen atoms in total. The molecule has 3 aromatic carbocycles. The van der Waals surface area contributed by atoms with Gasteiger partial charge in [0.15, 0.2) is 0 Å². The Morgan fingerprint density at radius 3 is 1.91 bits per heavy atom. The van der Waals surface area contributed by atoms with Crippen molar-refractivity contribution < 1.29 is 0 Å². The van der Waals surface area contributed by atoms with Crippen LogP contribution in [-0.2, 0) is 0 Å². The largest absolute Gasteiger partial charge is 0.368 e. The number of terminal acetylenes is 1. The van der Waals surface area contributed by atoms with E-state index >= 15 is 0 Å². The molecule has 112 valence electrons. The zero-order chi connectivity index (χ0) is 16.1. The molecule has 0 fully saturated rings. The third-order valence-corrected chi connectivity index (χ3v) is 4.20. The van der Waals surface area contributed by atoms with E-state index in [4.69, 9.17) is 6.42 Å². The van der Waals surface area contributed by atoms with E-state index in [0.29, 0.717) is 0 Å². The van der Waals surface area contributed by atoms with Crippen LogP contribution in [0.4, 0.5) is 5.69 Å². The van der Waals surface area contributed by atoms with Gasteiger partial charge in [0.1, 0.15) is 6.04 Å². The molecule has 0 aliphatic rings. The van der Waals surface area contributed by atoms with E-state index in [0.717, 1.165) is 15.7 Å². The normalized spacial score (nSPS) is 11.5. The van der Waals surface area contributed by atoms with Crippen LogP contribution in [0.1, 0.15) is 11.6 Å². The van der Waals surface area contributed by atoms with E-state index in [2.05, 4.69) is 63.6 Å². The topological polar surface area (TPSA) is 12.0 Å². The van der Waals surface area contributed by atoms with E-state index in [1.54, 1.807) is 0 Å². The fourth-order valence-electron chi connectivity index (χ4n) is 2.43. The first-order valence-electron chi connectivity index (χ1n) is 7.40. The van der Waals surface area contributed by atoms with Gasteiger partial charge in [0.05, 0.1) is 0 Å². The molecule has 23 heavy (non-hydrogen) atoms. The van der Waals surface area contributed by atoms with Crippen LogP contribution in [-0.4, -0.2) is 0 Å². The average molecular weight is 362 g/mol. The van der Waals surface area contributed by atoms with Gasteiger partial charge in [-0.25, -0.2) is 0 Å². The molecule has 0 bridgehead atoms. The molecule has 2 heteroatoms. The number of nitrogens with one attached hydrogen (secondary N) is 1. The maximum absolute atomic E-state index is 5.67. The van der Waals surface area contributed by atoms with E-state index in [1.807, 2.05) is 42.5 Å². The maximum Gasteiger partial charge on any atom is 0.113 e. The van der Waals surface area contributed by atoms with Crippen LogP contribution >= 0.6 is 15.9 Å². The molecular formula is C21H16BrN. The van der Waals surface area contributed by atoms with E-state index in [1.165, 1.54) is 11.1 Å². The molecule has 0 saturated heterocycles. The Morgan fingerprint density at radius 2 is 1.35 bits per heavy atom. The molecule has 0 radical (unpaired) electrons. The third-order valence-electron chi connectivity index (χ3n) is 3.67. The Labute approximate surface area is 145 Å². The molecule has 0 aliphatic carbocycles. The molecular weight excluding hydrogens is 346 g/mol. The van der Waals surface area contributed by atoms with Crippen molar-refractivity contribution in [3.8, 4) is 23.5 Å². The van der Waals surface area contributed by atoms with Crippen LogP contribution in [0.5, 0.6) is 0 Å². The number of rotatable bonds is 4. The van der Waals surface area contributed by atoms with Crippen LogP contribution in [0.15, 0.2) is 83.3 Å². The summed E-state index contributed by atoms with van der Waals surface area (Å²) in [5, 5.41) is 3.39. The first kappa shape index (κ1) is 15.4. The molecule has 0 aliphatic heterocycles. The van der Waals surface area contributed by atoms with Crippen LogP contribution in [0.25, 0.3) is 11.1 Å². The lowest BCUT2D eigenvalue weighted by Gasteiger charge is -2.15. The maximum atomic E-state index is 5.67. The first-order chi connectivity index (χ1) is 11.3. The van der Waals surface area contributed by atoms with Gasteiger partial charge in [-0.3, -0.25) is 0 Å². The van der Waals surface area contributed by atoms with Gasteiger partial charge < -0.3 is 5.32 Å². The smallest absolute Gasteiger partial charge is 0.113 e.